The maximum Gasteiger partial charge on any atom is 0.331 e. The first-order chi connectivity index (χ1) is 10.3. The Morgan fingerprint density at radius 1 is 1.50 bits per heavy atom. The van der Waals surface area contributed by atoms with E-state index < -0.39 is 5.60 Å². The van der Waals surface area contributed by atoms with Gasteiger partial charge in [-0.1, -0.05) is 19.1 Å². The summed E-state index contributed by atoms with van der Waals surface area (Å²) in [4.78, 5) is 11.2. The van der Waals surface area contributed by atoms with Crippen molar-refractivity contribution < 1.29 is 19.4 Å². The van der Waals surface area contributed by atoms with E-state index in [1.165, 1.54) is 6.08 Å². The van der Waals surface area contributed by atoms with Crippen molar-refractivity contribution in [1.82, 2.24) is 0 Å². The lowest BCUT2D eigenvalue weighted by Crippen LogP contribution is -2.21. The highest BCUT2D eigenvalue weighted by molar-refractivity contribution is 5.85. The van der Waals surface area contributed by atoms with Gasteiger partial charge >= 0.3 is 5.97 Å². The fourth-order valence-electron chi connectivity index (χ4n) is 2.23. The van der Waals surface area contributed by atoms with Gasteiger partial charge in [0.15, 0.2) is 0 Å². The van der Waals surface area contributed by atoms with Crippen LogP contribution in [0.1, 0.15) is 40.5 Å². The number of aliphatic hydroxyl groups is 1. The number of allylic oxidation sites excluding steroid dienone is 1. The molecular formula is C18H28O4. The lowest BCUT2D eigenvalue weighted by atomic mass is 9.98. The molecule has 0 saturated carbocycles. The second-order valence-electron chi connectivity index (χ2n) is 6.20. The normalized spacial score (nSPS) is 26.3. The molecule has 22 heavy (non-hydrogen) atoms. The van der Waals surface area contributed by atoms with Gasteiger partial charge in [-0.25, -0.2) is 4.79 Å². The van der Waals surface area contributed by atoms with Crippen molar-refractivity contribution in [3.05, 3.63) is 36.0 Å². The molecule has 124 valence electrons. The minimum Gasteiger partial charge on any atom is -0.448 e. The second kappa shape index (κ2) is 8.30. The van der Waals surface area contributed by atoms with Crippen LogP contribution in [0.3, 0.4) is 0 Å². The Morgan fingerprint density at radius 3 is 2.68 bits per heavy atom. The first-order valence-electron chi connectivity index (χ1n) is 7.76. The zero-order valence-corrected chi connectivity index (χ0v) is 14.2. The summed E-state index contributed by atoms with van der Waals surface area (Å²) in [6.07, 6.45) is 10.5. The van der Waals surface area contributed by atoms with Crippen LogP contribution in [0.5, 0.6) is 0 Å². The van der Waals surface area contributed by atoms with E-state index in [1.54, 1.807) is 13.2 Å². The molecule has 0 amide bonds. The van der Waals surface area contributed by atoms with Crippen molar-refractivity contribution in [3.63, 3.8) is 0 Å². The summed E-state index contributed by atoms with van der Waals surface area (Å²) < 4.78 is 10.7. The molecule has 1 N–H and O–H groups in total. The maximum atomic E-state index is 11.2. The van der Waals surface area contributed by atoms with Crippen LogP contribution in [0.25, 0.3) is 0 Å². The van der Waals surface area contributed by atoms with Gasteiger partial charge in [-0.3, -0.25) is 0 Å². The van der Waals surface area contributed by atoms with Crippen molar-refractivity contribution in [3.8, 4) is 0 Å². The fraction of sp³-hybridized carbons (Fsp3) is 0.611. The predicted molar refractivity (Wildman–Crippen MR) is 87.4 cm³/mol. The monoisotopic (exact) mass is 308 g/mol. The van der Waals surface area contributed by atoms with E-state index in [0.29, 0.717) is 0 Å². The summed E-state index contributed by atoms with van der Waals surface area (Å²) >= 11 is 0. The number of rotatable bonds is 8. The van der Waals surface area contributed by atoms with Crippen LogP contribution in [0.4, 0.5) is 0 Å². The number of hydrogen-bond donors (Lipinski definition) is 1. The molecule has 4 atom stereocenters. The lowest BCUT2D eigenvalue weighted by molar-refractivity contribution is -0.141. The standard InChI is InChI=1S/C18H28O4/c1-13(15(3)19)7-6-8-14(2)16(21-5)9-11-18(4)12-10-17(20)22-18/h8-13,15-16,19H,6-7H2,1-5H3. The topological polar surface area (TPSA) is 55.8 Å². The number of carbonyl (C=O) groups excluding carboxylic acids is 1. The molecule has 0 bridgehead atoms. The van der Waals surface area contributed by atoms with Crippen LogP contribution in [0.2, 0.25) is 0 Å². The van der Waals surface area contributed by atoms with Crippen LogP contribution in [-0.4, -0.2) is 36.0 Å². The lowest BCUT2D eigenvalue weighted by Gasteiger charge is -2.19. The largest absolute Gasteiger partial charge is 0.448 e. The number of esters is 1. The molecule has 0 aromatic carbocycles. The SMILES string of the molecule is COC(C=CC1(C)C=CC(=O)O1)C(C)=CCCC(C)C(C)O. The maximum absolute atomic E-state index is 11.2. The Kier molecular flexibility index (Phi) is 7.04. The third-order valence-corrected chi connectivity index (χ3v) is 4.09. The van der Waals surface area contributed by atoms with Gasteiger partial charge in [-0.05, 0) is 57.3 Å². The Morgan fingerprint density at radius 2 is 2.18 bits per heavy atom. The average molecular weight is 308 g/mol. The highest BCUT2D eigenvalue weighted by Crippen LogP contribution is 2.22. The van der Waals surface area contributed by atoms with E-state index in [2.05, 4.69) is 6.08 Å². The van der Waals surface area contributed by atoms with Gasteiger partial charge in [0.05, 0.1) is 12.2 Å². The Balaban J connectivity index is 2.59. The number of cyclic esters (lactones) is 1. The molecule has 0 spiro atoms. The van der Waals surface area contributed by atoms with Gasteiger partial charge in [0.2, 0.25) is 0 Å². The van der Waals surface area contributed by atoms with Gasteiger partial charge in [-0.15, -0.1) is 0 Å². The average Bonchev–Trinajstić information content (AvgIpc) is 2.79. The number of carbonyl (C=O) groups is 1. The van der Waals surface area contributed by atoms with E-state index in [9.17, 15) is 9.90 Å². The van der Waals surface area contributed by atoms with Crippen LogP contribution >= 0.6 is 0 Å². The number of methoxy groups -OCH3 is 1. The summed E-state index contributed by atoms with van der Waals surface area (Å²) in [5, 5.41) is 9.49. The minimum absolute atomic E-state index is 0.147. The molecule has 1 rings (SSSR count). The van der Waals surface area contributed by atoms with E-state index in [0.717, 1.165) is 18.4 Å². The van der Waals surface area contributed by atoms with Crippen LogP contribution in [0.15, 0.2) is 36.0 Å². The number of aliphatic hydroxyl groups excluding tert-OH is 1. The van der Waals surface area contributed by atoms with E-state index in [-0.39, 0.29) is 24.1 Å². The van der Waals surface area contributed by atoms with Crippen LogP contribution in [0, 0.1) is 5.92 Å². The summed E-state index contributed by atoms with van der Waals surface area (Å²) in [6, 6.07) is 0. The van der Waals surface area contributed by atoms with Crippen molar-refractivity contribution in [2.45, 2.75) is 58.3 Å². The Labute approximate surface area is 133 Å². The summed E-state index contributed by atoms with van der Waals surface area (Å²) in [5.74, 6) is -0.0389. The molecule has 0 fully saturated rings. The molecule has 4 nitrogen and oxygen atoms in total. The smallest absolute Gasteiger partial charge is 0.331 e. The van der Waals surface area contributed by atoms with Gasteiger partial charge < -0.3 is 14.6 Å². The molecule has 0 radical (unpaired) electrons. The number of ether oxygens (including phenoxy) is 2. The molecule has 1 aliphatic heterocycles. The van der Waals surface area contributed by atoms with E-state index >= 15 is 0 Å². The molecule has 4 heteroatoms. The summed E-state index contributed by atoms with van der Waals surface area (Å²) in [5.41, 5.74) is 0.420. The molecule has 1 aliphatic rings. The molecule has 0 aliphatic carbocycles. The van der Waals surface area contributed by atoms with Gasteiger partial charge in [0.1, 0.15) is 5.60 Å². The summed E-state index contributed by atoms with van der Waals surface area (Å²) in [6.45, 7) is 7.72. The van der Waals surface area contributed by atoms with E-state index in [1.807, 2.05) is 39.8 Å². The molecule has 4 unspecified atom stereocenters. The van der Waals surface area contributed by atoms with Crippen LogP contribution < -0.4 is 0 Å². The molecule has 0 aromatic rings. The first-order valence-corrected chi connectivity index (χ1v) is 7.76. The van der Waals surface area contributed by atoms with Crippen molar-refractivity contribution in [2.24, 2.45) is 5.92 Å². The third-order valence-electron chi connectivity index (χ3n) is 4.09. The molecule has 1 heterocycles. The fourth-order valence-corrected chi connectivity index (χ4v) is 2.23. The van der Waals surface area contributed by atoms with Crippen molar-refractivity contribution in [1.29, 1.82) is 0 Å². The van der Waals surface area contributed by atoms with Crippen molar-refractivity contribution >= 4 is 5.97 Å². The minimum atomic E-state index is -0.686. The highest BCUT2D eigenvalue weighted by Gasteiger charge is 2.27. The number of hydrogen-bond acceptors (Lipinski definition) is 4. The second-order valence-corrected chi connectivity index (χ2v) is 6.20. The quantitative estimate of drug-likeness (QED) is 0.553. The van der Waals surface area contributed by atoms with Gasteiger partial charge in [0, 0.05) is 13.2 Å². The van der Waals surface area contributed by atoms with Crippen LogP contribution in [-0.2, 0) is 14.3 Å². The Hall–Kier alpha value is -1.39. The van der Waals surface area contributed by atoms with Gasteiger partial charge in [0.25, 0.3) is 0 Å². The Bertz CT molecular complexity index is 462. The van der Waals surface area contributed by atoms with Crippen molar-refractivity contribution in [2.75, 3.05) is 7.11 Å². The first kappa shape index (κ1) is 18.7. The van der Waals surface area contributed by atoms with Gasteiger partial charge in [-0.2, -0.15) is 0 Å². The third kappa shape index (κ3) is 5.78. The predicted octanol–water partition coefficient (Wildman–Crippen LogP) is 3.17. The molecular weight excluding hydrogens is 280 g/mol. The van der Waals surface area contributed by atoms with E-state index in [4.69, 9.17) is 9.47 Å². The summed E-state index contributed by atoms with van der Waals surface area (Å²) in [7, 11) is 1.66. The highest BCUT2D eigenvalue weighted by atomic mass is 16.6. The molecule has 0 saturated heterocycles. The zero-order valence-electron chi connectivity index (χ0n) is 14.2. The zero-order chi connectivity index (χ0) is 16.8. The molecule has 0 aromatic heterocycles.